The van der Waals surface area contributed by atoms with Crippen molar-refractivity contribution in [1.29, 1.82) is 0 Å². The van der Waals surface area contributed by atoms with Crippen LogP contribution in [0.1, 0.15) is 20.3 Å². The highest BCUT2D eigenvalue weighted by Gasteiger charge is 2.08. The van der Waals surface area contributed by atoms with Gasteiger partial charge in [0.25, 0.3) is 0 Å². The molecule has 0 fully saturated rings. The summed E-state index contributed by atoms with van der Waals surface area (Å²) in [5, 5.41) is 10.4. The van der Waals surface area contributed by atoms with E-state index in [1.165, 1.54) is 5.69 Å². The zero-order valence-electron chi connectivity index (χ0n) is 15.6. The second kappa shape index (κ2) is 8.19. The third-order valence-electron chi connectivity index (χ3n) is 4.70. The summed E-state index contributed by atoms with van der Waals surface area (Å²) >= 11 is 0. The Morgan fingerprint density at radius 2 is 1.77 bits per heavy atom. The number of hydrogen-bond donors (Lipinski definition) is 1. The quantitative estimate of drug-likeness (QED) is 0.681. The van der Waals surface area contributed by atoms with Gasteiger partial charge in [0, 0.05) is 36.3 Å². The smallest absolute Gasteiger partial charge is 0.122 e. The van der Waals surface area contributed by atoms with E-state index in [0.717, 1.165) is 40.9 Å². The van der Waals surface area contributed by atoms with Gasteiger partial charge in [-0.2, -0.15) is 0 Å². The summed E-state index contributed by atoms with van der Waals surface area (Å²) in [6, 6.07) is 18.5. The topological polar surface area (TPSA) is 45.6 Å². The number of ether oxygens (including phenoxy) is 1. The van der Waals surface area contributed by atoms with Gasteiger partial charge >= 0.3 is 0 Å². The monoisotopic (exact) mass is 350 g/mol. The molecule has 0 bridgehead atoms. The van der Waals surface area contributed by atoms with Crippen molar-refractivity contribution >= 4 is 16.6 Å². The molecular formula is C22H26N2O2. The van der Waals surface area contributed by atoms with Crippen molar-refractivity contribution < 1.29 is 9.84 Å². The minimum absolute atomic E-state index is 0.0144. The number of aliphatic hydroxyl groups excluding tert-OH is 1. The van der Waals surface area contributed by atoms with Gasteiger partial charge in [0.1, 0.15) is 11.9 Å². The van der Waals surface area contributed by atoms with Gasteiger partial charge in [0.15, 0.2) is 0 Å². The molecule has 2 aromatic carbocycles. The lowest BCUT2D eigenvalue weighted by Gasteiger charge is -2.17. The number of hydrogen-bond acceptors (Lipinski definition) is 4. The molecular weight excluding hydrogens is 324 g/mol. The molecule has 0 spiro atoms. The van der Waals surface area contributed by atoms with Gasteiger partial charge < -0.3 is 14.7 Å². The van der Waals surface area contributed by atoms with Gasteiger partial charge in [0.2, 0.25) is 0 Å². The fourth-order valence-corrected chi connectivity index (χ4v) is 2.84. The molecule has 1 atom stereocenters. The highest BCUT2D eigenvalue weighted by atomic mass is 16.5. The zero-order valence-corrected chi connectivity index (χ0v) is 15.6. The number of pyridine rings is 1. The maximum Gasteiger partial charge on any atom is 0.122 e. The van der Waals surface area contributed by atoms with E-state index in [2.05, 4.69) is 49.2 Å². The van der Waals surface area contributed by atoms with Crippen LogP contribution >= 0.6 is 0 Å². The highest BCUT2D eigenvalue weighted by molar-refractivity contribution is 5.83. The van der Waals surface area contributed by atoms with Crippen molar-refractivity contribution in [2.24, 2.45) is 0 Å². The maximum atomic E-state index is 9.33. The highest BCUT2D eigenvalue weighted by Crippen LogP contribution is 2.26. The summed E-state index contributed by atoms with van der Waals surface area (Å²) in [6.45, 7) is 5.12. The van der Waals surface area contributed by atoms with Crippen LogP contribution in [-0.4, -0.2) is 36.4 Å². The molecule has 136 valence electrons. The molecule has 26 heavy (non-hydrogen) atoms. The van der Waals surface area contributed by atoms with Crippen LogP contribution < -0.4 is 9.64 Å². The van der Waals surface area contributed by atoms with E-state index >= 15 is 0 Å². The van der Waals surface area contributed by atoms with Crippen molar-refractivity contribution in [1.82, 2.24) is 4.98 Å². The first kappa shape index (κ1) is 18.2. The summed E-state index contributed by atoms with van der Waals surface area (Å²) < 4.78 is 5.83. The fraction of sp³-hybridized carbons (Fsp3) is 0.318. The Morgan fingerprint density at radius 3 is 2.42 bits per heavy atom. The molecule has 1 aromatic heterocycles. The van der Waals surface area contributed by atoms with Gasteiger partial charge in [-0.05, 0) is 43.7 Å². The zero-order chi connectivity index (χ0) is 18.5. The van der Waals surface area contributed by atoms with Crippen LogP contribution in [0.4, 0.5) is 5.69 Å². The Kier molecular flexibility index (Phi) is 5.74. The fourth-order valence-electron chi connectivity index (χ4n) is 2.84. The predicted octanol–water partition coefficient (Wildman–Crippen LogP) is 4.51. The van der Waals surface area contributed by atoms with Crippen molar-refractivity contribution in [2.75, 3.05) is 25.1 Å². The number of nitrogens with zero attached hydrogens (tertiary/aromatic N) is 2. The van der Waals surface area contributed by atoms with E-state index in [1.54, 1.807) is 0 Å². The molecule has 3 aromatic rings. The van der Waals surface area contributed by atoms with Crippen LogP contribution in [0.15, 0.2) is 54.6 Å². The first-order chi connectivity index (χ1) is 12.6. The van der Waals surface area contributed by atoms with Crippen LogP contribution in [0.5, 0.6) is 5.75 Å². The largest absolute Gasteiger partial charge is 0.488 e. The van der Waals surface area contributed by atoms with Crippen LogP contribution in [0.2, 0.25) is 0 Å². The average Bonchev–Trinajstić information content (AvgIpc) is 2.71. The second-order valence-electron chi connectivity index (χ2n) is 6.44. The van der Waals surface area contributed by atoms with Gasteiger partial charge in [-0.15, -0.1) is 0 Å². The molecule has 4 nitrogen and oxygen atoms in total. The first-order valence-corrected chi connectivity index (χ1v) is 9.14. The summed E-state index contributed by atoms with van der Waals surface area (Å²) in [5.74, 6) is 0.739. The summed E-state index contributed by atoms with van der Waals surface area (Å²) in [6.07, 6.45) is 0.583. The molecule has 0 aliphatic carbocycles. The molecule has 3 rings (SSSR count). The van der Waals surface area contributed by atoms with Crippen LogP contribution in [0.25, 0.3) is 22.2 Å². The van der Waals surface area contributed by atoms with E-state index in [0.29, 0.717) is 0 Å². The second-order valence-corrected chi connectivity index (χ2v) is 6.44. The lowest BCUT2D eigenvalue weighted by molar-refractivity contribution is 0.113. The van der Waals surface area contributed by atoms with Crippen molar-refractivity contribution in [3.63, 3.8) is 0 Å². The molecule has 0 amide bonds. The summed E-state index contributed by atoms with van der Waals surface area (Å²) in [4.78, 5) is 7.00. The molecule has 1 unspecified atom stereocenters. The van der Waals surface area contributed by atoms with Crippen LogP contribution in [0, 0.1) is 0 Å². The summed E-state index contributed by atoms with van der Waals surface area (Å²) in [7, 11) is 2.08. The van der Waals surface area contributed by atoms with E-state index in [9.17, 15) is 5.11 Å². The van der Waals surface area contributed by atoms with Crippen LogP contribution in [0.3, 0.4) is 0 Å². The predicted molar refractivity (Wildman–Crippen MR) is 108 cm³/mol. The SMILES string of the molecule is CCC(CO)Oc1ccc2ccc(-c3ccc(N(C)CC)cc3)nc2c1. The number of rotatable bonds is 7. The van der Waals surface area contributed by atoms with E-state index in [4.69, 9.17) is 9.72 Å². The normalized spacial score (nSPS) is 12.2. The lowest BCUT2D eigenvalue weighted by atomic mass is 10.1. The minimum Gasteiger partial charge on any atom is -0.488 e. The first-order valence-electron chi connectivity index (χ1n) is 9.14. The third kappa shape index (κ3) is 3.97. The number of aromatic nitrogens is 1. The summed E-state index contributed by atoms with van der Waals surface area (Å²) in [5.41, 5.74) is 4.12. The molecule has 0 saturated carbocycles. The Morgan fingerprint density at radius 1 is 1.04 bits per heavy atom. The maximum absolute atomic E-state index is 9.33. The average molecular weight is 350 g/mol. The van der Waals surface area contributed by atoms with Crippen molar-refractivity contribution in [2.45, 2.75) is 26.4 Å². The lowest BCUT2D eigenvalue weighted by Crippen LogP contribution is -2.19. The minimum atomic E-state index is -0.182. The number of benzene rings is 2. The number of aliphatic hydroxyl groups is 1. The molecule has 0 aliphatic rings. The Bertz CT molecular complexity index is 858. The molecule has 4 heteroatoms. The Balaban J connectivity index is 1.89. The third-order valence-corrected chi connectivity index (χ3v) is 4.70. The molecule has 0 saturated heterocycles. The molecule has 0 radical (unpaired) electrons. The molecule has 1 N–H and O–H groups in total. The van der Waals surface area contributed by atoms with Gasteiger partial charge in [-0.25, -0.2) is 4.98 Å². The van der Waals surface area contributed by atoms with E-state index < -0.39 is 0 Å². The van der Waals surface area contributed by atoms with Crippen molar-refractivity contribution in [3.8, 4) is 17.0 Å². The molecule has 0 aliphatic heterocycles. The van der Waals surface area contributed by atoms with Crippen molar-refractivity contribution in [3.05, 3.63) is 54.6 Å². The Labute approximate surface area is 155 Å². The Hall–Kier alpha value is -2.59. The number of fused-ring (bicyclic) bond motifs is 1. The van der Waals surface area contributed by atoms with Crippen LogP contribution in [-0.2, 0) is 0 Å². The van der Waals surface area contributed by atoms with E-state index in [1.807, 2.05) is 31.2 Å². The molecule has 1 heterocycles. The van der Waals surface area contributed by atoms with Gasteiger partial charge in [0.05, 0.1) is 17.8 Å². The van der Waals surface area contributed by atoms with Gasteiger partial charge in [-0.3, -0.25) is 0 Å². The van der Waals surface area contributed by atoms with Gasteiger partial charge in [-0.1, -0.05) is 25.1 Å². The standard InChI is InChI=1S/C22H26N2O2/c1-4-19(15-25)26-20-12-8-17-9-13-21(23-22(17)14-20)16-6-10-18(11-7-16)24(3)5-2/h6-14,19,25H,4-5,15H2,1-3H3. The number of anilines is 1. The van der Waals surface area contributed by atoms with E-state index in [-0.39, 0.29) is 12.7 Å².